The summed E-state index contributed by atoms with van der Waals surface area (Å²) >= 11 is 3.27. The number of anilines is 2. The molecule has 5 rings (SSSR count). The molecule has 1 N–H and O–H groups in total. The minimum Gasteiger partial charge on any atom is -0.340 e. The van der Waals surface area contributed by atoms with E-state index in [-0.39, 0.29) is 0 Å². The lowest BCUT2D eigenvalue weighted by Crippen LogP contribution is -1.94. The summed E-state index contributed by atoms with van der Waals surface area (Å²) in [5, 5.41) is 8.65. The second-order valence-corrected chi connectivity index (χ2v) is 7.53. The molecule has 0 aliphatic rings. The number of nitrogens with one attached hydrogen (secondary N) is 1. The second kappa shape index (κ2) is 5.61. The average Bonchev–Trinajstić information content (AvgIpc) is 3.32. The van der Waals surface area contributed by atoms with E-state index >= 15 is 0 Å². The van der Waals surface area contributed by atoms with Crippen molar-refractivity contribution >= 4 is 54.6 Å². The van der Waals surface area contributed by atoms with Crippen molar-refractivity contribution in [2.75, 3.05) is 5.32 Å². The minimum absolute atomic E-state index is 0.797. The van der Waals surface area contributed by atoms with Gasteiger partial charge in [0.05, 0.1) is 27.3 Å². The lowest BCUT2D eigenvalue weighted by Gasteiger charge is -2.06. The Bertz CT molecular complexity index is 1200. The van der Waals surface area contributed by atoms with Gasteiger partial charge in [-0.05, 0) is 24.3 Å². The fourth-order valence-corrected chi connectivity index (χ4v) is 4.35. The van der Waals surface area contributed by atoms with E-state index in [4.69, 9.17) is 0 Å². The number of hydrogen-bond donors (Lipinski definition) is 1. The van der Waals surface area contributed by atoms with Crippen LogP contribution in [0.4, 0.5) is 11.5 Å². The van der Waals surface area contributed by atoms with Crippen LogP contribution in [0.2, 0.25) is 0 Å². The molecule has 6 nitrogen and oxygen atoms in total. The first-order chi connectivity index (χ1) is 12.3. The monoisotopic (exact) mass is 364 g/mol. The van der Waals surface area contributed by atoms with Crippen molar-refractivity contribution in [2.45, 2.75) is 0 Å². The van der Waals surface area contributed by atoms with Gasteiger partial charge in [-0.1, -0.05) is 0 Å². The van der Waals surface area contributed by atoms with Crippen LogP contribution < -0.4 is 5.32 Å². The second-order valence-electron chi connectivity index (χ2n) is 5.61. The van der Waals surface area contributed by atoms with E-state index in [1.807, 2.05) is 37.1 Å². The van der Waals surface area contributed by atoms with Crippen LogP contribution in [0.5, 0.6) is 0 Å². The molecule has 0 amide bonds. The Morgan fingerprint density at radius 1 is 1.12 bits per heavy atom. The van der Waals surface area contributed by atoms with E-state index < -0.39 is 0 Å². The van der Waals surface area contributed by atoms with Gasteiger partial charge >= 0.3 is 0 Å². The molecule has 0 unspecified atom stereocenters. The first-order valence-corrected chi connectivity index (χ1v) is 9.30. The average molecular weight is 364 g/mol. The topological polar surface area (TPSA) is 68.5 Å². The Labute approximate surface area is 150 Å². The number of rotatable bonds is 3. The molecular weight excluding hydrogens is 352 g/mol. The zero-order valence-corrected chi connectivity index (χ0v) is 14.8. The molecular formula is C17H12N6S2. The van der Waals surface area contributed by atoms with Crippen molar-refractivity contribution in [3.63, 3.8) is 0 Å². The molecule has 0 spiro atoms. The van der Waals surface area contributed by atoms with Gasteiger partial charge in [0.15, 0.2) is 0 Å². The third-order valence-electron chi connectivity index (χ3n) is 3.91. The molecule has 122 valence electrons. The lowest BCUT2D eigenvalue weighted by molar-refractivity contribution is 0.768. The Kier molecular flexibility index (Phi) is 3.25. The summed E-state index contributed by atoms with van der Waals surface area (Å²) in [6.45, 7) is 0. The van der Waals surface area contributed by atoms with Crippen LogP contribution in [0.3, 0.4) is 0 Å². The van der Waals surface area contributed by atoms with Crippen LogP contribution in [0.25, 0.3) is 30.9 Å². The third-order valence-corrected chi connectivity index (χ3v) is 5.81. The van der Waals surface area contributed by atoms with Crippen LogP contribution >= 0.6 is 22.7 Å². The third kappa shape index (κ3) is 2.55. The molecule has 0 saturated carbocycles. The fraction of sp³-hybridized carbons (Fsp3) is 0.0588. The van der Waals surface area contributed by atoms with E-state index in [1.54, 1.807) is 33.7 Å². The van der Waals surface area contributed by atoms with Crippen molar-refractivity contribution in [3.8, 4) is 10.4 Å². The van der Waals surface area contributed by atoms with Crippen molar-refractivity contribution in [2.24, 2.45) is 7.05 Å². The molecule has 0 aliphatic carbocycles. The quantitative estimate of drug-likeness (QED) is 0.512. The molecule has 4 heterocycles. The van der Waals surface area contributed by atoms with E-state index in [0.29, 0.717) is 0 Å². The fourth-order valence-electron chi connectivity index (χ4n) is 2.72. The zero-order chi connectivity index (χ0) is 16.8. The van der Waals surface area contributed by atoms with Gasteiger partial charge in [-0.25, -0.2) is 15.0 Å². The maximum Gasteiger partial charge on any atom is 0.142 e. The molecule has 5 aromatic rings. The highest BCUT2D eigenvalue weighted by atomic mass is 32.1. The van der Waals surface area contributed by atoms with E-state index in [2.05, 4.69) is 37.5 Å². The zero-order valence-electron chi connectivity index (χ0n) is 13.2. The first-order valence-electron chi connectivity index (χ1n) is 7.60. The van der Waals surface area contributed by atoms with Crippen LogP contribution in [-0.2, 0) is 7.05 Å². The molecule has 0 saturated heterocycles. The number of thiophene rings is 1. The maximum absolute atomic E-state index is 4.43. The summed E-state index contributed by atoms with van der Waals surface area (Å²) < 4.78 is 2.97. The molecule has 0 fully saturated rings. The van der Waals surface area contributed by atoms with Gasteiger partial charge in [0.25, 0.3) is 0 Å². The van der Waals surface area contributed by atoms with E-state index in [9.17, 15) is 0 Å². The number of aryl methyl sites for hydroxylation is 1. The SMILES string of the molecule is Cn1cc(-c2cc3c(Nc4ccc5scnc5c4)ncnc3s2)cn1. The standard InChI is InChI=1S/C17H12N6S2/c1-23-7-10(6-21-23)15-5-12-16(18-8-19-17(12)25-15)22-11-2-3-14-13(4-11)20-9-24-14/h2-9H,1H3,(H,18,19,22). The number of nitrogens with zero attached hydrogens (tertiary/aromatic N) is 5. The highest BCUT2D eigenvalue weighted by molar-refractivity contribution is 7.21. The molecule has 1 aromatic carbocycles. The smallest absolute Gasteiger partial charge is 0.142 e. The number of benzene rings is 1. The van der Waals surface area contributed by atoms with Gasteiger partial charge in [-0.2, -0.15) is 5.10 Å². The summed E-state index contributed by atoms with van der Waals surface area (Å²) in [6.07, 6.45) is 5.46. The van der Waals surface area contributed by atoms with Crippen molar-refractivity contribution in [1.82, 2.24) is 24.7 Å². The summed E-state index contributed by atoms with van der Waals surface area (Å²) in [7, 11) is 1.91. The number of thiazole rings is 1. The van der Waals surface area contributed by atoms with E-state index in [1.165, 1.54) is 4.70 Å². The number of aromatic nitrogens is 5. The largest absolute Gasteiger partial charge is 0.340 e. The van der Waals surface area contributed by atoms with Gasteiger partial charge in [0.2, 0.25) is 0 Å². The predicted molar refractivity (Wildman–Crippen MR) is 103 cm³/mol. The normalized spacial score (nSPS) is 11.4. The van der Waals surface area contributed by atoms with Gasteiger partial charge < -0.3 is 5.32 Å². The predicted octanol–water partition coefficient (Wildman–Crippen LogP) is 4.45. The van der Waals surface area contributed by atoms with Gasteiger partial charge in [-0.15, -0.1) is 22.7 Å². The van der Waals surface area contributed by atoms with Crippen molar-refractivity contribution in [3.05, 3.63) is 48.5 Å². The molecule has 4 aromatic heterocycles. The molecule has 0 atom stereocenters. The molecule has 25 heavy (non-hydrogen) atoms. The Hall–Kier alpha value is -2.84. The van der Waals surface area contributed by atoms with Crippen LogP contribution in [0, 0.1) is 0 Å². The Morgan fingerprint density at radius 3 is 2.96 bits per heavy atom. The maximum atomic E-state index is 4.43. The lowest BCUT2D eigenvalue weighted by atomic mass is 10.2. The number of hydrogen-bond acceptors (Lipinski definition) is 7. The van der Waals surface area contributed by atoms with E-state index in [0.717, 1.165) is 37.7 Å². The molecule has 0 aliphatic heterocycles. The molecule has 0 bridgehead atoms. The highest BCUT2D eigenvalue weighted by Crippen LogP contribution is 2.35. The summed E-state index contributed by atoms with van der Waals surface area (Å²) in [6, 6.07) is 8.26. The summed E-state index contributed by atoms with van der Waals surface area (Å²) in [5.41, 5.74) is 4.89. The summed E-state index contributed by atoms with van der Waals surface area (Å²) in [5.74, 6) is 0.797. The first kappa shape index (κ1) is 14.5. The van der Waals surface area contributed by atoms with Crippen molar-refractivity contribution < 1.29 is 0 Å². The Morgan fingerprint density at radius 2 is 2.08 bits per heavy atom. The minimum atomic E-state index is 0.797. The summed E-state index contributed by atoms with van der Waals surface area (Å²) in [4.78, 5) is 15.3. The van der Waals surface area contributed by atoms with Crippen LogP contribution in [0.15, 0.2) is 48.5 Å². The van der Waals surface area contributed by atoms with Gasteiger partial charge in [-0.3, -0.25) is 4.68 Å². The molecule has 0 radical (unpaired) electrons. The highest BCUT2D eigenvalue weighted by Gasteiger charge is 2.12. The van der Waals surface area contributed by atoms with Gasteiger partial charge in [0, 0.05) is 29.4 Å². The van der Waals surface area contributed by atoms with Crippen LogP contribution in [0.1, 0.15) is 0 Å². The van der Waals surface area contributed by atoms with Crippen LogP contribution in [-0.4, -0.2) is 24.7 Å². The number of fused-ring (bicyclic) bond motifs is 2. The van der Waals surface area contributed by atoms with Gasteiger partial charge in [0.1, 0.15) is 17.0 Å². The Balaban J connectivity index is 1.57. The van der Waals surface area contributed by atoms with Crippen molar-refractivity contribution in [1.29, 1.82) is 0 Å². The molecule has 8 heteroatoms.